The van der Waals surface area contributed by atoms with Crippen LogP contribution in [0.1, 0.15) is 18.1 Å². The summed E-state index contributed by atoms with van der Waals surface area (Å²) in [7, 11) is 0. The molecule has 0 fully saturated rings. The van der Waals surface area contributed by atoms with Crippen molar-refractivity contribution in [1.82, 2.24) is 4.98 Å². The van der Waals surface area contributed by atoms with E-state index in [0.29, 0.717) is 30.3 Å². The summed E-state index contributed by atoms with van der Waals surface area (Å²) in [5, 5.41) is 0.153. The van der Waals surface area contributed by atoms with Crippen molar-refractivity contribution in [3.63, 3.8) is 0 Å². The topological polar surface area (TPSA) is 61.6 Å². The average molecular weight is 415 g/mol. The number of hydrogen-bond acceptors (Lipinski definition) is 5. The van der Waals surface area contributed by atoms with Crippen LogP contribution in [0.15, 0.2) is 69.6 Å². The molecule has 154 valence electrons. The fourth-order valence-electron chi connectivity index (χ4n) is 3.12. The highest BCUT2D eigenvalue weighted by molar-refractivity contribution is 5.83. The minimum atomic E-state index is -4.65. The second kappa shape index (κ2) is 7.70. The number of nitrogens with zero attached hydrogens (tertiary/aromatic N) is 1. The van der Waals surface area contributed by atoms with E-state index >= 15 is 0 Å². The number of aromatic nitrogens is 1. The molecule has 2 aromatic heterocycles. The van der Waals surface area contributed by atoms with E-state index in [4.69, 9.17) is 13.9 Å². The lowest BCUT2D eigenvalue weighted by atomic mass is 10.0. The van der Waals surface area contributed by atoms with Crippen molar-refractivity contribution in [3.05, 3.63) is 81.7 Å². The monoisotopic (exact) mass is 415 g/mol. The van der Waals surface area contributed by atoms with Crippen LogP contribution in [0, 0.1) is 0 Å². The fraction of sp³-hybridized carbons (Fsp3) is 0.182. The normalized spacial score (nSPS) is 14.8. The van der Waals surface area contributed by atoms with Gasteiger partial charge in [0.1, 0.15) is 30.8 Å². The molecular weight excluding hydrogens is 399 g/mol. The number of allylic oxidation sites excluding steroid dienone is 2. The average Bonchev–Trinajstić information content (AvgIpc) is 2.73. The Morgan fingerprint density at radius 2 is 1.90 bits per heavy atom. The highest BCUT2D eigenvalue weighted by Gasteiger charge is 2.35. The number of pyridine rings is 1. The lowest BCUT2D eigenvalue weighted by molar-refractivity contribution is -0.137. The van der Waals surface area contributed by atoms with Gasteiger partial charge >= 0.3 is 6.18 Å². The molecule has 1 aliphatic heterocycles. The first-order valence-electron chi connectivity index (χ1n) is 9.07. The summed E-state index contributed by atoms with van der Waals surface area (Å²) in [6, 6.07) is 6.92. The van der Waals surface area contributed by atoms with E-state index in [1.165, 1.54) is 12.3 Å². The number of rotatable bonds is 3. The Balaban J connectivity index is 1.79. The number of halogens is 3. The molecule has 0 atom stereocenters. The number of benzene rings is 1. The van der Waals surface area contributed by atoms with Gasteiger partial charge in [-0.05, 0) is 42.8 Å². The van der Waals surface area contributed by atoms with Gasteiger partial charge in [-0.25, -0.2) is 0 Å². The summed E-state index contributed by atoms with van der Waals surface area (Å²) in [5.41, 5.74) is -1.39. The zero-order valence-electron chi connectivity index (χ0n) is 15.8. The first-order valence-corrected chi connectivity index (χ1v) is 9.07. The van der Waals surface area contributed by atoms with Gasteiger partial charge in [-0.3, -0.25) is 9.78 Å². The van der Waals surface area contributed by atoms with E-state index in [0.717, 1.165) is 12.3 Å². The van der Waals surface area contributed by atoms with Gasteiger partial charge in [0.25, 0.3) is 0 Å². The van der Waals surface area contributed by atoms with E-state index in [9.17, 15) is 18.0 Å². The van der Waals surface area contributed by atoms with Crippen LogP contribution in [0.3, 0.4) is 0 Å². The fourth-order valence-corrected chi connectivity index (χ4v) is 3.12. The molecule has 30 heavy (non-hydrogen) atoms. The van der Waals surface area contributed by atoms with E-state index < -0.39 is 22.9 Å². The molecule has 0 N–H and O–H groups in total. The van der Waals surface area contributed by atoms with Gasteiger partial charge < -0.3 is 13.9 Å². The Bertz CT molecular complexity index is 1230. The zero-order valence-corrected chi connectivity index (χ0v) is 15.8. The molecule has 1 aromatic carbocycles. The standard InChI is InChI=1S/C22H16F3NO4/c1-13-18(29-10-9-28-13)6-4-14-5-7-19-15(11-14)21(27)16(12-30-19)20-17(22(23,24)25)3-2-8-26-20/h2-8,11-12H,9-10H2,1H3/b6-4-. The summed E-state index contributed by atoms with van der Waals surface area (Å²) in [4.78, 5) is 16.8. The van der Waals surface area contributed by atoms with E-state index in [1.807, 2.05) is 0 Å². The molecule has 1 aliphatic rings. The summed E-state index contributed by atoms with van der Waals surface area (Å²) in [5.74, 6) is 1.22. The smallest absolute Gasteiger partial charge is 0.418 e. The highest BCUT2D eigenvalue weighted by Crippen LogP contribution is 2.35. The minimum absolute atomic E-state index is 0.153. The van der Waals surface area contributed by atoms with Crippen LogP contribution in [0.5, 0.6) is 0 Å². The lowest BCUT2D eigenvalue weighted by Gasteiger charge is -2.17. The molecule has 0 unspecified atom stereocenters. The number of hydrogen-bond donors (Lipinski definition) is 0. The molecule has 0 aliphatic carbocycles. The number of ether oxygens (including phenoxy) is 2. The molecule has 0 saturated heterocycles. The molecular formula is C22H16F3NO4. The van der Waals surface area contributed by atoms with Gasteiger partial charge in [-0.1, -0.05) is 12.1 Å². The summed E-state index contributed by atoms with van der Waals surface area (Å²) >= 11 is 0. The second-order valence-electron chi connectivity index (χ2n) is 6.58. The van der Waals surface area contributed by atoms with Gasteiger partial charge in [0.2, 0.25) is 5.43 Å². The zero-order chi connectivity index (χ0) is 21.3. The Labute approximate surface area is 169 Å². The molecule has 4 rings (SSSR count). The summed E-state index contributed by atoms with van der Waals surface area (Å²) in [6.45, 7) is 2.70. The van der Waals surface area contributed by atoms with Crippen LogP contribution < -0.4 is 5.43 Å². The van der Waals surface area contributed by atoms with Crippen molar-refractivity contribution in [1.29, 1.82) is 0 Å². The van der Waals surface area contributed by atoms with Crippen LogP contribution >= 0.6 is 0 Å². The van der Waals surface area contributed by atoms with Crippen molar-refractivity contribution < 1.29 is 27.1 Å². The van der Waals surface area contributed by atoms with Crippen molar-refractivity contribution in [2.45, 2.75) is 13.1 Å². The first-order chi connectivity index (χ1) is 14.3. The van der Waals surface area contributed by atoms with E-state index in [-0.39, 0.29) is 16.5 Å². The highest BCUT2D eigenvalue weighted by atomic mass is 19.4. The van der Waals surface area contributed by atoms with Gasteiger partial charge in [-0.15, -0.1) is 0 Å². The maximum atomic E-state index is 13.3. The maximum Gasteiger partial charge on any atom is 0.418 e. The molecule has 3 heterocycles. The molecule has 8 heteroatoms. The number of fused-ring (bicyclic) bond motifs is 1. The predicted molar refractivity (Wildman–Crippen MR) is 104 cm³/mol. The quantitative estimate of drug-likeness (QED) is 0.591. The van der Waals surface area contributed by atoms with Crippen LogP contribution in [0.4, 0.5) is 13.2 Å². The lowest BCUT2D eigenvalue weighted by Crippen LogP contribution is -2.13. The molecule has 0 saturated carbocycles. The molecule has 5 nitrogen and oxygen atoms in total. The third-order valence-corrected chi connectivity index (χ3v) is 4.60. The Kier molecular flexibility index (Phi) is 5.07. The van der Waals surface area contributed by atoms with Crippen molar-refractivity contribution in [2.75, 3.05) is 13.2 Å². The minimum Gasteiger partial charge on any atom is -0.491 e. The summed E-state index contributed by atoms with van der Waals surface area (Å²) < 4.78 is 56.4. The van der Waals surface area contributed by atoms with Gasteiger partial charge in [0.05, 0.1) is 22.2 Å². The van der Waals surface area contributed by atoms with E-state index in [1.54, 1.807) is 37.3 Å². The predicted octanol–water partition coefficient (Wildman–Crippen LogP) is 5.17. The van der Waals surface area contributed by atoms with Crippen LogP contribution in [0.25, 0.3) is 28.3 Å². The second-order valence-corrected chi connectivity index (χ2v) is 6.58. The molecule has 3 aromatic rings. The third kappa shape index (κ3) is 3.80. The van der Waals surface area contributed by atoms with Gasteiger partial charge in [0.15, 0.2) is 5.76 Å². The Morgan fingerprint density at radius 3 is 2.67 bits per heavy atom. The van der Waals surface area contributed by atoms with Crippen molar-refractivity contribution >= 4 is 17.0 Å². The van der Waals surface area contributed by atoms with Crippen LogP contribution in [-0.2, 0) is 15.7 Å². The number of alkyl halides is 3. The molecule has 0 bridgehead atoms. The van der Waals surface area contributed by atoms with Crippen LogP contribution in [-0.4, -0.2) is 18.2 Å². The first kappa shape index (κ1) is 19.8. The maximum absolute atomic E-state index is 13.3. The van der Waals surface area contributed by atoms with E-state index in [2.05, 4.69) is 4.98 Å². The largest absolute Gasteiger partial charge is 0.491 e. The molecule has 0 radical (unpaired) electrons. The van der Waals surface area contributed by atoms with Gasteiger partial charge in [-0.2, -0.15) is 13.2 Å². The van der Waals surface area contributed by atoms with Crippen molar-refractivity contribution in [2.24, 2.45) is 0 Å². The summed E-state index contributed by atoms with van der Waals surface area (Å²) in [6.07, 6.45) is 1.00. The SMILES string of the molecule is CC1=C(/C=C\c2ccc3occ(-c4ncccc4C(F)(F)F)c(=O)c3c2)OCCO1. The molecule has 0 spiro atoms. The molecule has 0 amide bonds. The van der Waals surface area contributed by atoms with Gasteiger partial charge in [0, 0.05) is 6.20 Å². The van der Waals surface area contributed by atoms with Crippen LogP contribution in [0.2, 0.25) is 0 Å². The third-order valence-electron chi connectivity index (χ3n) is 4.60. The Hall–Kier alpha value is -3.55. The van der Waals surface area contributed by atoms with Crippen molar-refractivity contribution in [3.8, 4) is 11.3 Å². The Morgan fingerprint density at radius 1 is 1.10 bits per heavy atom.